The van der Waals surface area contributed by atoms with Gasteiger partial charge in [-0.25, -0.2) is 0 Å². The number of rotatable bonds is 7. The van der Waals surface area contributed by atoms with Crippen LogP contribution in [0.4, 0.5) is 5.69 Å². The first-order valence-electron chi connectivity index (χ1n) is 8.31. The van der Waals surface area contributed by atoms with E-state index in [4.69, 9.17) is 16.3 Å². The molecule has 3 N–H and O–H groups in total. The zero-order valence-corrected chi connectivity index (χ0v) is 17.4. The molecule has 1 aliphatic heterocycles. The second-order valence-electron chi connectivity index (χ2n) is 6.00. The van der Waals surface area contributed by atoms with Crippen LogP contribution in [-0.2, 0) is 24.4 Å². The smallest absolute Gasteiger partial charge is 0.222 e. The van der Waals surface area contributed by atoms with Crippen LogP contribution in [0.5, 0.6) is 5.75 Å². The fourth-order valence-corrected chi connectivity index (χ4v) is 3.05. The third-order valence-corrected chi connectivity index (χ3v) is 4.46. The van der Waals surface area contributed by atoms with Gasteiger partial charge in [0.2, 0.25) is 5.91 Å². The number of halogens is 3. The van der Waals surface area contributed by atoms with Crippen LogP contribution in [0, 0.1) is 0 Å². The number of carbonyl (C=O) groups excluding carboxylic acids is 1. The van der Waals surface area contributed by atoms with E-state index in [1.807, 2.05) is 0 Å². The van der Waals surface area contributed by atoms with Crippen LogP contribution >= 0.6 is 36.4 Å². The van der Waals surface area contributed by atoms with E-state index in [0.29, 0.717) is 30.3 Å². The van der Waals surface area contributed by atoms with Gasteiger partial charge in [-0.2, -0.15) is 0 Å². The lowest BCUT2D eigenvalue weighted by molar-refractivity contribution is -0.121. The van der Waals surface area contributed by atoms with Gasteiger partial charge in [0.05, 0.1) is 12.8 Å². The molecular weight excluding hydrogens is 409 g/mol. The van der Waals surface area contributed by atoms with Crippen molar-refractivity contribution in [1.82, 2.24) is 10.6 Å². The molecule has 0 atom stereocenters. The van der Waals surface area contributed by atoms with Gasteiger partial charge in [0.25, 0.3) is 0 Å². The van der Waals surface area contributed by atoms with Crippen LogP contribution < -0.4 is 20.7 Å². The number of anilines is 1. The van der Waals surface area contributed by atoms with E-state index in [9.17, 15) is 4.79 Å². The predicted octanol–water partition coefficient (Wildman–Crippen LogP) is 3.91. The molecule has 27 heavy (non-hydrogen) atoms. The summed E-state index contributed by atoms with van der Waals surface area (Å²) in [7, 11) is 1.60. The minimum absolute atomic E-state index is 0. The average molecular weight is 433 g/mol. The van der Waals surface area contributed by atoms with Crippen LogP contribution in [0.25, 0.3) is 0 Å². The maximum absolute atomic E-state index is 12.0. The quantitative estimate of drug-likeness (QED) is 0.621. The van der Waals surface area contributed by atoms with E-state index >= 15 is 0 Å². The standard InChI is InChI=1S/C19H22ClN3O2.2ClH/c1-25-18-5-4-16(20)9-17(18)22-7-6-19(24)23-10-13-2-3-14-11-21-12-15(14)8-13;;/h2-5,8-9,21-22H,6-7,10-12H2,1H3,(H,23,24);2*1H. The fraction of sp³-hybridized carbons (Fsp3) is 0.316. The Labute approximate surface area is 177 Å². The van der Waals surface area contributed by atoms with Gasteiger partial charge in [-0.3, -0.25) is 4.79 Å². The average Bonchev–Trinajstić information content (AvgIpc) is 3.08. The van der Waals surface area contributed by atoms with E-state index in [1.54, 1.807) is 25.3 Å². The zero-order chi connectivity index (χ0) is 17.6. The van der Waals surface area contributed by atoms with Crippen LogP contribution in [0.1, 0.15) is 23.1 Å². The van der Waals surface area contributed by atoms with Crippen LogP contribution in [-0.4, -0.2) is 19.6 Å². The first kappa shape index (κ1) is 23.4. The summed E-state index contributed by atoms with van der Waals surface area (Å²) < 4.78 is 5.27. The minimum Gasteiger partial charge on any atom is -0.495 e. The molecule has 0 fully saturated rings. The van der Waals surface area contributed by atoms with Gasteiger partial charge < -0.3 is 20.7 Å². The number of hydrogen-bond acceptors (Lipinski definition) is 4. The van der Waals surface area contributed by atoms with E-state index in [1.165, 1.54) is 11.1 Å². The van der Waals surface area contributed by atoms with Crippen LogP contribution in [0.3, 0.4) is 0 Å². The number of methoxy groups -OCH3 is 1. The highest BCUT2D eigenvalue weighted by Crippen LogP contribution is 2.27. The van der Waals surface area contributed by atoms with Gasteiger partial charge in [0.15, 0.2) is 0 Å². The molecule has 5 nitrogen and oxygen atoms in total. The number of carbonyl (C=O) groups is 1. The van der Waals surface area contributed by atoms with Gasteiger partial charge in [-0.1, -0.05) is 29.8 Å². The molecule has 0 radical (unpaired) electrons. The lowest BCUT2D eigenvalue weighted by Gasteiger charge is -2.12. The van der Waals surface area contributed by atoms with E-state index in [0.717, 1.165) is 24.3 Å². The molecule has 0 unspecified atom stereocenters. The van der Waals surface area contributed by atoms with Gasteiger partial charge in [0, 0.05) is 37.6 Å². The van der Waals surface area contributed by atoms with E-state index < -0.39 is 0 Å². The number of amides is 1. The summed E-state index contributed by atoms with van der Waals surface area (Å²) >= 11 is 5.99. The summed E-state index contributed by atoms with van der Waals surface area (Å²) in [5, 5.41) is 10.1. The summed E-state index contributed by atoms with van der Waals surface area (Å²) in [5.41, 5.74) is 4.57. The molecule has 1 aliphatic rings. The van der Waals surface area contributed by atoms with E-state index in [-0.39, 0.29) is 30.7 Å². The third kappa shape index (κ3) is 6.47. The van der Waals surface area contributed by atoms with Crippen molar-refractivity contribution >= 4 is 48.0 Å². The van der Waals surface area contributed by atoms with Crippen molar-refractivity contribution in [1.29, 1.82) is 0 Å². The maximum atomic E-state index is 12.0. The maximum Gasteiger partial charge on any atom is 0.222 e. The Bertz CT molecular complexity index is 772. The molecule has 0 spiro atoms. The zero-order valence-electron chi connectivity index (χ0n) is 15.0. The Morgan fingerprint density at radius 2 is 1.93 bits per heavy atom. The van der Waals surface area contributed by atoms with Gasteiger partial charge >= 0.3 is 0 Å². The molecule has 8 heteroatoms. The topological polar surface area (TPSA) is 62.4 Å². The molecule has 0 aliphatic carbocycles. The highest BCUT2D eigenvalue weighted by molar-refractivity contribution is 6.30. The van der Waals surface area contributed by atoms with Crippen molar-refractivity contribution in [2.45, 2.75) is 26.1 Å². The SMILES string of the molecule is COc1ccc(Cl)cc1NCCC(=O)NCc1ccc2c(c1)CNC2.Cl.Cl. The van der Waals surface area contributed by atoms with Gasteiger partial charge in [0.1, 0.15) is 5.75 Å². The summed E-state index contributed by atoms with van der Waals surface area (Å²) in [6.07, 6.45) is 0.377. The highest BCUT2D eigenvalue weighted by atomic mass is 35.5. The van der Waals surface area contributed by atoms with Crippen molar-refractivity contribution in [3.63, 3.8) is 0 Å². The second kappa shape index (κ2) is 11.2. The Balaban J connectivity index is 0.00000182. The number of nitrogens with one attached hydrogen (secondary N) is 3. The molecule has 0 saturated carbocycles. The molecule has 0 saturated heterocycles. The lowest BCUT2D eigenvalue weighted by Crippen LogP contribution is -2.25. The molecule has 3 rings (SSSR count). The first-order chi connectivity index (χ1) is 12.2. The molecular formula is C19H24Cl3N3O2. The van der Waals surface area contributed by atoms with Crippen molar-refractivity contribution in [3.8, 4) is 5.75 Å². The Hall–Kier alpha value is -1.66. The first-order valence-corrected chi connectivity index (χ1v) is 8.69. The van der Waals surface area contributed by atoms with Crippen molar-refractivity contribution in [2.75, 3.05) is 19.0 Å². The number of hydrogen-bond donors (Lipinski definition) is 3. The monoisotopic (exact) mass is 431 g/mol. The molecule has 0 bridgehead atoms. The number of benzene rings is 2. The third-order valence-electron chi connectivity index (χ3n) is 4.22. The molecule has 2 aromatic carbocycles. The molecule has 1 amide bonds. The summed E-state index contributed by atoms with van der Waals surface area (Å²) in [6.45, 7) is 2.90. The summed E-state index contributed by atoms with van der Waals surface area (Å²) in [4.78, 5) is 12.0. The minimum atomic E-state index is 0. The number of ether oxygens (including phenoxy) is 1. The van der Waals surface area contributed by atoms with Crippen LogP contribution in [0.15, 0.2) is 36.4 Å². The number of fused-ring (bicyclic) bond motifs is 1. The van der Waals surface area contributed by atoms with Crippen molar-refractivity contribution in [3.05, 3.63) is 58.1 Å². The second-order valence-corrected chi connectivity index (χ2v) is 6.44. The lowest BCUT2D eigenvalue weighted by atomic mass is 10.1. The van der Waals surface area contributed by atoms with Gasteiger partial charge in [-0.15, -0.1) is 24.8 Å². The van der Waals surface area contributed by atoms with Crippen LogP contribution in [0.2, 0.25) is 5.02 Å². The summed E-state index contributed by atoms with van der Waals surface area (Å²) in [5.74, 6) is 0.712. The predicted molar refractivity (Wildman–Crippen MR) is 114 cm³/mol. The van der Waals surface area contributed by atoms with E-state index in [2.05, 4.69) is 34.1 Å². The molecule has 2 aromatic rings. The normalized spacial score (nSPS) is 11.6. The largest absolute Gasteiger partial charge is 0.495 e. The van der Waals surface area contributed by atoms with Gasteiger partial charge in [-0.05, 0) is 34.9 Å². The van der Waals surface area contributed by atoms with Crippen molar-refractivity contribution < 1.29 is 9.53 Å². The Kier molecular flexibility index (Phi) is 9.74. The molecule has 1 heterocycles. The summed E-state index contributed by atoms with van der Waals surface area (Å²) in [6, 6.07) is 11.7. The van der Waals surface area contributed by atoms with Crippen molar-refractivity contribution in [2.24, 2.45) is 0 Å². The molecule has 148 valence electrons. The fourth-order valence-electron chi connectivity index (χ4n) is 2.88. The Morgan fingerprint density at radius 3 is 2.70 bits per heavy atom. The Morgan fingerprint density at radius 1 is 1.15 bits per heavy atom. The molecule has 0 aromatic heterocycles. The highest BCUT2D eigenvalue weighted by Gasteiger charge is 2.10.